The lowest BCUT2D eigenvalue weighted by molar-refractivity contribution is 0.0945. The van der Waals surface area contributed by atoms with E-state index in [0.29, 0.717) is 12.2 Å². The number of hydrogen-bond acceptors (Lipinski definition) is 3. The molecule has 0 saturated heterocycles. The van der Waals surface area contributed by atoms with E-state index in [-0.39, 0.29) is 5.91 Å². The van der Waals surface area contributed by atoms with Gasteiger partial charge in [-0.05, 0) is 30.7 Å². The van der Waals surface area contributed by atoms with Gasteiger partial charge < -0.3 is 5.32 Å². The lowest BCUT2D eigenvalue weighted by Gasteiger charge is -2.02. The number of amides is 1. The summed E-state index contributed by atoms with van der Waals surface area (Å²) in [5.41, 5.74) is 2.81. The number of aryl methyl sites for hydroxylation is 1. The second kappa shape index (κ2) is 4.33. The minimum atomic E-state index is -0.0715. The minimum Gasteiger partial charge on any atom is -0.346 e. The van der Waals surface area contributed by atoms with Crippen molar-refractivity contribution < 1.29 is 4.79 Å². The Kier molecular flexibility index (Phi) is 2.68. The van der Waals surface area contributed by atoms with Crippen molar-refractivity contribution in [3.05, 3.63) is 39.3 Å². The summed E-state index contributed by atoms with van der Waals surface area (Å²) < 4.78 is 0. The summed E-state index contributed by atoms with van der Waals surface area (Å²) >= 11 is 1.64. The molecule has 0 spiro atoms. The molecule has 17 heavy (non-hydrogen) atoms. The number of fused-ring (bicyclic) bond motifs is 1. The molecule has 0 atom stereocenters. The average molecular weight is 247 g/mol. The van der Waals surface area contributed by atoms with Gasteiger partial charge in [-0.3, -0.25) is 9.89 Å². The first-order valence-corrected chi connectivity index (χ1v) is 6.59. The molecule has 2 aromatic rings. The number of thiophene rings is 1. The lowest BCUT2D eigenvalue weighted by Crippen LogP contribution is -2.23. The second-order valence-electron chi connectivity index (χ2n) is 4.14. The molecule has 2 N–H and O–H groups in total. The smallest absolute Gasteiger partial charge is 0.272 e. The minimum absolute atomic E-state index is 0.0715. The fourth-order valence-corrected chi connectivity index (χ4v) is 2.82. The fourth-order valence-electron chi connectivity index (χ4n) is 2.17. The largest absolute Gasteiger partial charge is 0.346 e. The molecule has 1 amide bonds. The summed E-state index contributed by atoms with van der Waals surface area (Å²) in [5, 5.41) is 12.0. The van der Waals surface area contributed by atoms with Crippen LogP contribution in [0, 0.1) is 0 Å². The van der Waals surface area contributed by atoms with Crippen molar-refractivity contribution in [3.8, 4) is 0 Å². The Morgan fingerprint density at radius 1 is 1.53 bits per heavy atom. The van der Waals surface area contributed by atoms with Gasteiger partial charge in [-0.2, -0.15) is 5.10 Å². The van der Waals surface area contributed by atoms with Gasteiger partial charge in [0.05, 0.1) is 6.54 Å². The van der Waals surface area contributed by atoms with Crippen molar-refractivity contribution >= 4 is 17.2 Å². The van der Waals surface area contributed by atoms with Gasteiger partial charge in [0.2, 0.25) is 0 Å². The molecule has 2 aromatic heterocycles. The van der Waals surface area contributed by atoms with Crippen LogP contribution in [0.1, 0.15) is 33.0 Å². The Morgan fingerprint density at radius 3 is 3.29 bits per heavy atom. The molecule has 4 nitrogen and oxygen atoms in total. The van der Waals surface area contributed by atoms with Crippen LogP contribution < -0.4 is 5.32 Å². The summed E-state index contributed by atoms with van der Waals surface area (Å²) in [6.45, 7) is 0.581. The normalized spacial score (nSPS) is 13.6. The number of hydrogen-bond donors (Lipinski definition) is 2. The van der Waals surface area contributed by atoms with Crippen LogP contribution in [0.5, 0.6) is 0 Å². The number of H-pyrrole nitrogens is 1. The Balaban J connectivity index is 1.70. The number of aromatic amines is 1. The molecule has 0 fully saturated rings. The van der Waals surface area contributed by atoms with Crippen LogP contribution in [-0.4, -0.2) is 16.1 Å². The zero-order valence-electron chi connectivity index (χ0n) is 9.32. The van der Waals surface area contributed by atoms with Crippen LogP contribution >= 0.6 is 11.3 Å². The number of aromatic nitrogens is 2. The van der Waals surface area contributed by atoms with Crippen LogP contribution in [0.25, 0.3) is 0 Å². The molecule has 0 aromatic carbocycles. The van der Waals surface area contributed by atoms with Crippen molar-refractivity contribution in [3.63, 3.8) is 0 Å². The van der Waals surface area contributed by atoms with E-state index in [1.807, 2.05) is 17.5 Å². The van der Waals surface area contributed by atoms with Gasteiger partial charge in [-0.25, -0.2) is 0 Å². The first kappa shape index (κ1) is 10.5. The van der Waals surface area contributed by atoms with E-state index in [0.717, 1.165) is 35.4 Å². The number of carbonyl (C=O) groups is 1. The van der Waals surface area contributed by atoms with Crippen LogP contribution in [0.4, 0.5) is 0 Å². The highest BCUT2D eigenvalue weighted by molar-refractivity contribution is 7.09. The Hall–Kier alpha value is -1.62. The predicted octanol–water partition coefficient (Wildman–Crippen LogP) is 1.89. The Bertz CT molecular complexity index is 530. The standard InChI is InChI=1S/C12H13N3OS/c16-12(13-7-8-3-2-6-17-8)11-9-4-1-5-10(9)14-15-11/h2-3,6H,1,4-5,7H2,(H,13,16)(H,14,15). The molecule has 0 bridgehead atoms. The van der Waals surface area contributed by atoms with E-state index in [2.05, 4.69) is 15.5 Å². The third kappa shape index (κ3) is 1.98. The maximum atomic E-state index is 12.0. The first-order chi connectivity index (χ1) is 8.34. The summed E-state index contributed by atoms with van der Waals surface area (Å²) in [6, 6.07) is 4.00. The van der Waals surface area contributed by atoms with E-state index >= 15 is 0 Å². The molecule has 3 rings (SSSR count). The number of rotatable bonds is 3. The fraction of sp³-hybridized carbons (Fsp3) is 0.333. The maximum absolute atomic E-state index is 12.0. The molecule has 1 aliphatic carbocycles. The molecule has 0 aliphatic heterocycles. The van der Waals surface area contributed by atoms with Crippen LogP contribution in [0.2, 0.25) is 0 Å². The van der Waals surface area contributed by atoms with Crippen molar-refractivity contribution in [2.75, 3.05) is 0 Å². The zero-order valence-corrected chi connectivity index (χ0v) is 10.1. The summed E-state index contributed by atoms with van der Waals surface area (Å²) in [5.74, 6) is -0.0715. The summed E-state index contributed by atoms with van der Waals surface area (Å²) in [6.07, 6.45) is 3.10. The van der Waals surface area contributed by atoms with Crippen LogP contribution in [0.15, 0.2) is 17.5 Å². The van der Waals surface area contributed by atoms with Gasteiger partial charge in [0.25, 0.3) is 5.91 Å². The van der Waals surface area contributed by atoms with Crippen molar-refractivity contribution in [2.45, 2.75) is 25.8 Å². The third-order valence-electron chi connectivity index (χ3n) is 3.02. The molecule has 0 unspecified atom stereocenters. The molecule has 5 heteroatoms. The van der Waals surface area contributed by atoms with Gasteiger partial charge >= 0.3 is 0 Å². The molecule has 1 aliphatic rings. The Morgan fingerprint density at radius 2 is 2.47 bits per heavy atom. The van der Waals surface area contributed by atoms with E-state index in [1.54, 1.807) is 11.3 Å². The third-order valence-corrected chi connectivity index (χ3v) is 3.90. The topological polar surface area (TPSA) is 57.8 Å². The monoisotopic (exact) mass is 247 g/mol. The van der Waals surface area contributed by atoms with E-state index in [1.165, 1.54) is 0 Å². The molecule has 2 heterocycles. The van der Waals surface area contributed by atoms with E-state index in [4.69, 9.17) is 0 Å². The van der Waals surface area contributed by atoms with Gasteiger partial charge in [-0.1, -0.05) is 6.07 Å². The number of nitrogens with one attached hydrogen (secondary N) is 2. The van der Waals surface area contributed by atoms with Crippen molar-refractivity contribution in [2.24, 2.45) is 0 Å². The highest BCUT2D eigenvalue weighted by atomic mass is 32.1. The molecule has 0 saturated carbocycles. The number of nitrogens with zero attached hydrogens (tertiary/aromatic N) is 1. The molecular weight excluding hydrogens is 234 g/mol. The van der Waals surface area contributed by atoms with Gasteiger partial charge in [0, 0.05) is 16.1 Å². The summed E-state index contributed by atoms with van der Waals surface area (Å²) in [4.78, 5) is 13.1. The SMILES string of the molecule is O=C(NCc1cccs1)c1n[nH]c2c1CCC2. The van der Waals surface area contributed by atoms with Crippen LogP contribution in [0.3, 0.4) is 0 Å². The maximum Gasteiger partial charge on any atom is 0.272 e. The quantitative estimate of drug-likeness (QED) is 0.870. The van der Waals surface area contributed by atoms with Crippen molar-refractivity contribution in [1.29, 1.82) is 0 Å². The molecule has 88 valence electrons. The second-order valence-corrected chi connectivity index (χ2v) is 5.18. The highest BCUT2D eigenvalue weighted by Gasteiger charge is 2.22. The van der Waals surface area contributed by atoms with Crippen LogP contribution in [-0.2, 0) is 19.4 Å². The van der Waals surface area contributed by atoms with Crippen molar-refractivity contribution in [1.82, 2.24) is 15.5 Å². The first-order valence-electron chi connectivity index (χ1n) is 5.71. The highest BCUT2D eigenvalue weighted by Crippen LogP contribution is 2.22. The average Bonchev–Trinajstić information content (AvgIpc) is 3.02. The van der Waals surface area contributed by atoms with Gasteiger partial charge in [-0.15, -0.1) is 11.3 Å². The molecule has 0 radical (unpaired) electrons. The number of carbonyl (C=O) groups excluding carboxylic acids is 1. The van der Waals surface area contributed by atoms with Gasteiger partial charge in [0.1, 0.15) is 0 Å². The van der Waals surface area contributed by atoms with E-state index in [9.17, 15) is 4.79 Å². The van der Waals surface area contributed by atoms with Gasteiger partial charge in [0.15, 0.2) is 5.69 Å². The summed E-state index contributed by atoms with van der Waals surface area (Å²) in [7, 11) is 0. The zero-order chi connectivity index (χ0) is 11.7. The lowest BCUT2D eigenvalue weighted by atomic mass is 10.2. The predicted molar refractivity (Wildman–Crippen MR) is 66.1 cm³/mol. The van der Waals surface area contributed by atoms with E-state index < -0.39 is 0 Å². The molecular formula is C12H13N3OS. The Labute approximate surface area is 103 Å².